The van der Waals surface area contributed by atoms with Gasteiger partial charge in [-0.05, 0) is 47.9 Å². The third-order valence-corrected chi connectivity index (χ3v) is 3.39. The molecule has 0 unspecified atom stereocenters. The molecule has 1 N–H and O–H groups in total. The van der Waals surface area contributed by atoms with Gasteiger partial charge >= 0.3 is 0 Å². The van der Waals surface area contributed by atoms with Gasteiger partial charge in [0.2, 0.25) is 0 Å². The Bertz CT molecular complexity index is 701. The molecule has 0 aromatic heterocycles. The highest BCUT2D eigenvalue weighted by Gasteiger charge is 2.16. The lowest BCUT2D eigenvalue weighted by Crippen LogP contribution is -2.31. The Morgan fingerprint density at radius 3 is 2.76 bits per heavy atom. The van der Waals surface area contributed by atoms with Gasteiger partial charge in [-0.2, -0.15) is 0 Å². The number of carbonyl (C=O) groups is 1. The topological polar surface area (TPSA) is 38.3 Å². The SMILES string of the molecule is O=C1NCCc2cc(OCc3ccc(F)c(F)c3)ccc21. The molecule has 0 saturated carbocycles. The quantitative estimate of drug-likeness (QED) is 0.943. The molecule has 0 radical (unpaired) electrons. The van der Waals surface area contributed by atoms with E-state index in [-0.39, 0.29) is 12.5 Å². The number of hydrogen-bond donors (Lipinski definition) is 1. The monoisotopic (exact) mass is 289 g/mol. The summed E-state index contributed by atoms with van der Waals surface area (Å²) in [6.45, 7) is 0.751. The van der Waals surface area contributed by atoms with Crippen LogP contribution in [0.15, 0.2) is 36.4 Å². The van der Waals surface area contributed by atoms with E-state index in [1.54, 1.807) is 12.1 Å². The van der Waals surface area contributed by atoms with Crippen molar-refractivity contribution < 1.29 is 18.3 Å². The number of carbonyl (C=O) groups excluding carboxylic acids is 1. The summed E-state index contributed by atoms with van der Waals surface area (Å²) in [7, 11) is 0. The van der Waals surface area contributed by atoms with Crippen molar-refractivity contribution in [1.29, 1.82) is 0 Å². The van der Waals surface area contributed by atoms with Gasteiger partial charge in [0.1, 0.15) is 12.4 Å². The van der Waals surface area contributed by atoms with Crippen molar-refractivity contribution >= 4 is 5.91 Å². The maximum atomic E-state index is 13.1. The summed E-state index contributed by atoms with van der Waals surface area (Å²) in [5.41, 5.74) is 2.13. The maximum absolute atomic E-state index is 13.1. The third-order valence-electron chi connectivity index (χ3n) is 3.39. The van der Waals surface area contributed by atoms with Crippen molar-refractivity contribution in [2.45, 2.75) is 13.0 Å². The van der Waals surface area contributed by atoms with Crippen molar-refractivity contribution in [2.24, 2.45) is 0 Å². The molecule has 1 aliphatic rings. The summed E-state index contributed by atoms with van der Waals surface area (Å²) in [5.74, 6) is -1.24. The van der Waals surface area contributed by atoms with E-state index < -0.39 is 11.6 Å². The maximum Gasteiger partial charge on any atom is 0.251 e. The molecular weight excluding hydrogens is 276 g/mol. The molecule has 0 atom stereocenters. The molecule has 1 heterocycles. The van der Waals surface area contributed by atoms with E-state index in [4.69, 9.17) is 4.74 Å². The molecule has 0 bridgehead atoms. The van der Waals surface area contributed by atoms with E-state index in [0.29, 0.717) is 23.4 Å². The van der Waals surface area contributed by atoms with Crippen LogP contribution in [0.2, 0.25) is 0 Å². The van der Waals surface area contributed by atoms with Crippen LogP contribution in [0, 0.1) is 11.6 Å². The Balaban J connectivity index is 1.73. The van der Waals surface area contributed by atoms with Gasteiger partial charge in [-0.15, -0.1) is 0 Å². The van der Waals surface area contributed by atoms with Crippen LogP contribution in [0.4, 0.5) is 8.78 Å². The smallest absolute Gasteiger partial charge is 0.251 e. The zero-order chi connectivity index (χ0) is 14.8. The van der Waals surface area contributed by atoms with Crippen LogP contribution in [-0.4, -0.2) is 12.5 Å². The van der Waals surface area contributed by atoms with Gasteiger partial charge in [0.25, 0.3) is 5.91 Å². The highest BCUT2D eigenvalue weighted by Crippen LogP contribution is 2.21. The lowest BCUT2D eigenvalue weighted by molar-refractivity contribution is 0.0946. The van der Waals surface area contributed by atoms with Crippen molar-refractivity contribution in [3.8, 4) is 5.75 Å². The molecular formula is C16H13F2NO2. The van der Waals surface area contributed by atoms with Crippen LogP contribution in [0.5, 0.6) is 5.75 Å². The van der Waals surface area contributed by atoms with Crippen molar-refractivity contribution in [2.75, 3.05) is 6.54 Å². The first-order valence-corrected chi connectivity index (χ1v) is 6.61. The summed E-state index contributed by atoms with van der Waals surface area (Å²) in [4.78, 5) is 11.6. The number of hydrogen-bond acceptors (Lipinski definition) is 2. The first-order valence-electron chi connectivity index (χ1n) is 6.61. The second-order valence-corrected chi connectivity index (χ2v) is 4.86. The average Bonchev–Trinajstić information content (AvgIpc) is 2.49. The summed E-state index contributed by atoms with van der Waals surface area (Å²) in [6.07, 6.45) is 0.753. The zero-order valence-electron chi connectivity index (χ0n) is 11.2. The van der Waals surface area contributed by atoms with E-state index in [2.05, 4.69) is 5.32 Å². The fraction of sp³-hybridized carbons (Fsp3) is 0.188. The minimum absolute atomic E-state index is 0.0802. The Morgan fingerprint density at radius 1 is 1.10 bits per heavy atom. The standard InChI is InChI=1S/C16H13F2NO2/c17-14-4-1-10(7-15(14)18)9-21-12-2-3-13-11(8-12)5-6-19-16(13)20/h1-4,7-8H,5-6,9H2,(H,19,20). The zero-order valence-corrected chi connectivity index (χ0v) is 11.2. The molecule has 3 nitrogen and oxygen atoms in total. The Labute approximate surface area is 120 Å². The molecule has 2 aromatic rings. The predicted octanol–water partition coefficient (Wildman–Crippen LogP) is 2.83. The van der Waals surface area contributed by atoms with Crippen molar-refractivity contribution in [3.05, 3.63) is 64.7 Å². The molecule has 0 saturated heterocycles. The van der Waals surface area contributed by atoms with E-state index in [0.717, 1.165) is 24.1 Å². The van der Waals surface area contributed by atoms with Gasteiger partial charge < -0.3 is 10.1 Å². The first-order chi connectivity index (χ1) is 10.1. The molecule has 0 spiro atoms. The van der Waals surface area contributed by atoms with Crippen LogP contribution in [-0.2, 0) is 13.0 Å². The summed E-state index contributed by atoms with van der Waals surface area (Å²) in [5, 5.41) is 2.77. The van der Waals surface area contributed by atoms with Crippen molar-refractivity contribution in [1.82, 2.24) is 5.32 Å². The van der Waals surface area contributed by atoms with Crippen LogP contribution in [0.25, 0.3) is 0 Å². The second-order valence-electron chi connectivity index (χ2n) is 4.86. The van der Waals surface area contributed by atoms with E-state index in [1.807, 2.05) is 6.07 Å². The van der Waals surface area contributed by atoms with Crippen LogP contribution in [0.1, 0.15) is 21.5 Å². The number of fused-ring (bicyclic) bond motifs is 1. The molecule has 21 heavy (non-hydrogen) atoms. The summed E-state index contributed by atoms with van der Waals surface area (Å²) < 4.78 is 31.5. The first kappa shape index (κ1) is 13.5. The average molecular weight is 289 g/mol. The highest BCUT2D eigenvalue weighted by atomic mass is 19.2. The Morgan fingerprint density at radius 2 is 1.95 bits per heavy atom. The van der Waals surface area contributed by atoms with E-state index in [9.17, 15) is 13.6 Å². The molecule has 3 rings (SSSR count). The minimum atomic E-state index is -0.891. The molecule has 2 aromatic carbocycles. The minimum Gasteiger partial charge on any atom is -0.489 e. The van der Waals surface area contributed by atoms with Gasteiger partial charge in [-0.1, -0.05) is 6.07 Å². The largest absolute Gasteiger partial charge is 0.489 e. The fourth-order valence-electron chi connectivity index (χ4n) is 2.29. The lowest BCUT2D eigenvalue weighted by atomic mass is 10.0. The lowest BCUT2D eigenvalue weighted by Gasteiger charge is -2.17. The van der Waals surface area contributed by atoms with Gasteiger partial charge in [0, 0.05) is 12.1 Å². The summed E-state index contributed by atoms with van der Waals surface area (Å²) in [6, 6.07) is 8.89. The molecule has 1 aliphatic heterocycles. The number of benzene rings is 2. The molecule has 0 aliphatic carbocycles. The molecule has 1 amide bonds. The number of ether oxygens (including phenoxy) is 1. The van der Waals surface area contributed by atoms with E-state index in [1.165, 1.54) is 6.07 Å². The normalized spacial score (nSPS) is 13.5. The van der Waals surface area contributed by atoms with Gasteiger partial charge in [-0.3, -0.25) is 4.79 Å². The predicted molar refractivity (Wildman–Crippen MR) is 73.2 cm³/mol. The highest BCUT2D eigenvalue weighted by molar-refractivity contribution is 5.96. The van der Waals surface area contributed by atoms with Crippen LogP contribution >= 0.6 is 0 Å². The summed E-state index contributed by atoms with van der Waals surface area (Å²) >= 11 is 0. The number of amides is 1. The van der Waals surface area contributed by atoms with Crippen LogP contribution in [0.3, 0.4) is 0 Å². The number of nitrogens with one attached hydrogen (secondary N) is 1. The fourth-order valence-corrected chi connectivity index (χ4v) is 2.29. The molecule has 108 valence electrons. The second kappa shape index (κ2) is 5.52. The van der Waals surface area contributed by atoms with Gasteiger partial charge in [0.05, 0.1) is 0 Å². The molecule has 0 fully saturated rings. The molecule has 5 heteroatoms. The Hall–Kier alpha value is -2.43. The van der Waals surface area contributed by atoms with Gasteiger partial charge in [-0.25, -0.2) is 8.78 Å². The van der Waals surface area contributed by atoms with Crippen molar-refractivity contribution in [3.63, 3.8) is 0 Å². The van der Waals surface area contributed by atoms with E-state index >= 15 is 0 Å². The number of rotatable bonds is 3. The third kappa shape index (κ3) is 2.86. The number of halogens is 2. The van der Waals surface area contributed by atoms with Gasteiger partial charge in [0.15, 0.2) is 11.6 Å². The van der Waals surface area contributed by atoms with Crippen LogP contribution < -0.4 is 10.1 Å². The Kier molecular flexibility index (Phi) is 3.56.